The van der Waals surface area contributed by atoms with Crippen molar-refractivity contribution in [3.63, 3.8) is 0 Å². The predicted octanol–water partition coefficient (Wildman–Crippen LogP) is 1.84. The molecule has 4 heteroatoms. The zero-order chi connectivity index (χ0) is 9.97. The number of ether oxygens (including phenoxy) is 1. The Morgan fingerprint density at radius 1 is 1.36 bits per heavy atom. The first kappa shape index (κ1) is 10.2. The van der Waals surface area contributed by atoms with E-state index in [2.05, 4.69) is 0 Å². The second kappa shape index (κ2) is 4.45. The third-order valence-electron chi connectivity index (χ3n) is 1.83. The first-order chi connectivity index (χ1) is 6.79. The summed E-state index contributed by atoms with van der Waals surface area (Å²) in [4.78, 5) is 0. The van der Waals surface area contributed by atoms with Gasteiger partial charge in [-0.2, -0.15) is 0 Å². The minimum atomic E-state index is 0.507. The molecule has 0 bridgehead atoms. The van der Waals surface area contributed by atoms with Gasteiger partial charge < -0.3 is 0 Å². The van der Waals surface area contributed by atoms with E-state index in [-0.39, 0.29) is 0 Å². The van der Waals surface area contributed by atoms with Crippen molar-refractivity contribution in [3.8, 4) is 5.75 Å². The molecule has 0 saturated heterocycles. The summed E-state index contributed by atoms with van der Waals surface area (Å²) in [6.45, 7) is 0.537. The summed E-state index contributed by atoms with van der Waals surface area (Å²) in [7, 11) is 0. The number of fused-ring (bicyclic) bond motifs is 1. The van der Waals surface area contributed by atoms with Gasteiger partial charge in [0.2, 0.25) is 0 Å². The number of hydrogen-bond donors (Lipinski definition) is 0. The number of hydrogen-bond acceptors (Lipinski definition) is 2. The molecule has 3 radical (unpaired) electrons. The van der Waals surface area contributed by atoms with Crippen LogP contribution in [0, 0.1) is 0 Å². The Kier molecular flexibility index (Phi) is 3.23. The first-order valence-corrected chi connectivity index (χ1v) is 6.20. The van der Waals surface area contributed by atoms with E-state index in [0.29, 0.717) is 12.5 Å². The van der Waals surface area contributed by atoms with Crippen LogP contribution in [0.15, 0.2) is 28.7 Å². The number of alkyl halides is 1. The molecule has 0 spiro atoms. The summed E-state index contributed by atoms with van der Waals surface area (Å²) in [6, 6.07) is 7.82. The Bertz CT molecular complexity index is 439. The van der Waals surface area contributed by atoms with Gasteiger partial charge in [-0.15, -0.1) is 0 Å². The summed E-state index contributed by atoms with van der Waals surface area (Å²) in [5.74, 6) is 1.35. The average Bonchev–Trinajstić information content (AvgIpc) is 2.54. The molecule has 1 heterocycles. The van der Waals surface area contributed by atoms with Crippen molar-refractivity contribution in [2.45, 2.75) is 0 Å². The molecule has 0 aliphatic heterocycles. The van der Waals surface area contributed by atoms with Gasteiger partial charge in [0.1, 0.15) is 0 Å². The molecule has 0 unspecified atom stereocenters. The van der Waals surface area contributed by atoms with Gasteiger partial charge in [-0.25, -0.2) is 0 Å². The Morgan fingerprint density at radius 3 is 3.00 bits per heavy atom. The third-order valence-corrected chi connectivity index (χ3v) is 2.69. The Balaban J connectivity index is 2.31. The molecule has 0 saturated carbocycles. The van der Waals surface area contributed by atoms with E-state index >= 15 is 0 Å². The molecular weight excluding hydrogens is 306 g/mol. The molecule has 2 aromatic rings. The van der Waals surface area contributed by atoms with Crippen molar-refractivity contribution in [3.05, 3.63) is 24.3 Å². The number of halogens is 1. The van der Waals surface area contributed by atoms with Crippen LogP contribution in [0.25, 0.3) is 11.0 Å². The fraction of sp³-hybridized carbons (Fsp3) is 0.200. The second-order valence-electron chi connectivity index (χ2n) is 2.85. The minimum absolute atomic E-state index is 0.507. The number of rotatable bonds is 3. The molecule has 0 fully saturated rings. The van der Waals surface area contributed by atoms with Crippen molar-refractivity contribution in [2.24, 2.45) is 0 Å². The van der Waals surface area contributed by atoms with Gasteiger partial charge in [0.15, 0.2) is 0 Å². The van der Waals surface area contributed by atoms with Gasteiger partial charge in [0.05, 0.1) is 0 Å². The molecule has 2 nitrogen and oxygen atoms in total. The van der Waals surface area contributed by atoms with Crippen LogP contribution in [0.1, 0.15) is 0 Å². The molecule has 0 aliphatic rings. The van der Waals surface area contributed by atoms with Crippen LogP contribution in [0.3, 0.4) is 0 Å². The maximum absolute atomic E-state index is 5.53. The summed E-state index contributed by atoms with van der Waals surface area (Å²) in [6.07, 6.45) is 0. The summed E-state index contributed by atoms with van der Waals surface area (Å²) < 4.78 is 11.9. The second-order valence-corrected chi connectivity index (χ2v) is 4.63. The SMILES string of the molecule is ClCCOc1ccc2o[c]([Sn])cc2c1. The van der Waals surface area contributed by atoms with Crippen LogP contribution in [0.4, 0.5) is 0 Å². The van der Waals surface area contributed by atoms with Crippen molar-refractivity contribution in [2.75, 3.05) is 12.5 Å². The van der Waals surface area contributed by atoms with Gasteiger partial charge in [-0.3, -0.25) is 0 Å². The van der Waals surface area contributed by atoms with Crippen LogP contribution in [-0.4, -0.2) is 35.0 Å². The zero-order valence-corrected chi connectivity index (χ0v) is 11.0. The van der Waals surface area contributed by atoms with Crippen LogP contribution in [0.5, 0.6) is 5.75 Å². The Hall–Kier alpha value is -0.351. The van der Waals surface area contributed by atoms with Crippen molar-refractivity contribution < 1.29 is 9.15 Å². The standard InChI is InChI=1S/C10H8ClO2.Sn/c11-4-6-12-9-1-2-10-8(7-9)3-5-13-10;/h1-3,7H,4,6H2;. The topological polar surface area (TPSA) is 22.4 Å². The van der Waals surface area contributed by atoms with Gasteiger partial charge in [-0.05, 0) is 0 Å². The predicted molar refractivity (Wildman–Crippen MR) is 57.8 cm³/mol. The van der Waals surface area contributed by atoms with Crippen molar-refractivity contribution >= 4 is 48.9 Å². The fourth-order valence-corrected chi connectivity index (χ4v) is 2.10. The van der Waals surface area contributed by atoms with Crippen LogP contribution in [-0.2, 0) is 0 Å². The number of furan rings is 1. The molecule has 14 heavy (non-hydrogen) atoms. The first-order valence-electron chi connectivity index (χ1n) is 4.23. The third kappa shape index (κ3) is 2.17. The molecule has 2 rings (SSSR count). The van der Waals surface area contributed by atoms with E-state index in [0.717, 1.165) is 20.5 Å². The molecule has 1 aromatic heterocycles. The molecular formula is C10H8ClO2Sn. The van der Waals surface area contributed by atoms with Crippen LogP contribution in [0.2, 0.25) is 0 Å². The quantitative estimate of drug-likeness (QED) is 0.637. The molecule has 0 amide bonds. The molecule has 0 N–H and O–H groups in total. The van der Waals surface area contributed by atoms with Gasteiger partial charge in [-0.1, -0.05) is 0 Å². The Labute approximate surface area is 100 Å². The molecule has 0 aliphatic carbocycles. The van der Waals surface area contributed by atoms with E-state index in [1.807, 2.05) is 24.3 Å². The zero-order valence-electron chi connectivity index (χ0n) is 7.42. The van der Waals surface area contributed by atoms with Crippen molar-refractivity contribution in [1.82, 2.24) is 0 Å². The maximum atomic E-state index is 5.53. The monoisotopic (exact) mass is 315 g/mol. The fourth-order valence-electron chi connectivity index (χ4n) is 1.27. The number of benzene rings is 1. The average molecular weight is 314 g/mol. The Morgan fingerprint density at radius 2 is 2.21 bits per heavy atom. The van der Waals surface area contributed by atoms with E-state index in [4.69, 9.17) is 20.8 Å². The van der Waals surface area contributed by atoms with E-state index in [1.165, 1.54) is 22.5 Å². The summed E-state index contributed by atoms with van der Waals surface area (Å²) >= 11 is 6.82. The van der Waals surface area contributed by atoms with Crippen LogP contribution >= 0.6 is 11.6 Å². The van der Waals surface area contributed by atoms with Gasteiger partial charge in [0, 0.05) is 0 Å². The summed E-state index contributed by atoms with van der Waals surface area (Å²) in [5.41, 5.74) is 0.912. The van der Waals surface area contributed by atoms with Gasteiger partial charge >= 0.3 is 101 Å². The molecule has 71 valence electrons. The van der Waals surface area contributed by atoms with Gasteiger partial charge in [0.25, 0.3) is 0 Å². The van der Waals surface area contributed by atoms with Crippen LogP contribution < -0.4 is 8.51 Å². The summed E-state index contributed by atoms with van der Waals surface area (Å²) in [5, 5.41) is 1.09. The van der Waals surface area contributed by atoms with E-state index in [9.17, 15) is 0 Å². The van der Waals surface area contributed by atoms with E-state index < -0.39 is 0 Å². The van der Waals surface area contributed by atoms with Crippen molar-refractivity contribution in [1.29, 1.82) is 0 Å². The molecule has 1 aromatic carbocycles. The van der Waals surface area contributed by atoms with E-state index in [1.54, 1.807) is 0 Å². The normalized spacial score (nSPS) is 10.7. The molecule has 0 atom stereocenters.